The monoisotopic (exact) mass is 180 g/mol. The van der Waals surface area contributed by atoms with Crippen LogP contribution in [0.4, 0.5) is 9.18 Å². The molecule has 4 nitrogen and oxygen atoms in total. The highest BCUT2D eigenvalue weighted by atomic mass is 19.1. The van der Waals surface area contributed by atoms with Crippen LogP contribution in [0.15, 0.2) is 24.4 Å². The Balaban J connectivity index is 2.86. The summed E-state index contributed by atoms with van der Waals surface area (Å²) < 4.78 is 13.6. The van der Waals surface area contributed by atoms with Crippen LogP contribution < -0.4 is 0 Å². The molecule has 0 amide bonds. The van der Waals surface area contributed by atoms with Gasteiger partial charge in [-0.1, -0.05) is 0 Å². The van der Waals surface area contributed by atoms with Crippen LogP contribution in [-0.2, 0) is 0 Å². The van der Waals surface area contributed by atoms with Crippen molar-refractivity contribution >= 4 is 17.1 Å². The molecule has 2 aromatic heterocycles. The molecular formula is C8H5FN2O2. The normalized spacial score (nSPS) is 10.5. The average Bonchev–Trinajstić information content (AvgIpc) is 2.39. The lowest BCUT2D eigenvalue weighted by Crippen LogP contribution is -2.09. The molecule has 0 unspecified atom stereocenters. The summed E-state index contributed by atoms with van der Waals surface area (Å²) >= 11 is 0. The number of aromatic nitrogens is 2. The molecule has 0 aliphatic heterocycles. The van der Waals surface area contributed by atoms with E-state index in [1.165, 1.54) is 12.3 Å². The van der Waals surface area contributed by atoms with E-state index in [-0.39, 0.29) is 5.52 Å². The number of pyridine rings is 1. The molecule has 0 saturated carbocycles. The fourth-order valence-electron chi connectivity index (χ4n) is 1.20. The topological polar surface area (TPSA) is 55.1 Å². The van der Waals surface area contributed by atoms with Crippen LogP contribution >= 0.6 is 0 Å². The fourth-order valence-corrected chi connectivity index (χ4v) is 1.20. The van der Waals surface area contributed by atoms with E-state index in [1.807, 2.05) is 0 Å². The van der Waals surface area contributed by atoms with E-state index in [2.05, 4.69) is 4.98 Å². The first-order chi connectivity index (χ1) is 6.20. The SMILES string of the molecule is O=C(O)n1c(F)cc2ncccc21. The predicted octanol–water partition coefficient (Wildman–Crippen LogP) is 1.70. The largest absolute Gasteiger partial charge is 0.464 e. The maximum atomic E-state index is 13.0. The molecule has 66 valence electrons. The van der Waals surface area contributed by atoms with Gasteiger partial charge in [0.15, 0.2) is 0 Å². The number of rotatable bonds is 0. The highest BCUT2D eigenvalue weighted by Gasteiger charge is 2.13. The van der Waals surface area contributed by atoms with Gasteiger partial charge in [-0.25, -0.2) is 9.36 Å². The van der Waals surface area contributed by atoms with Gasteiger partial charge in [0, 0.05) is 12.3 Å². The average molecular weight is 180 g/mol. The van der Waals surface area contributed by atoms with E-state index in [0.717, 1.165) is 6.07 Å². The standard InChI is InChI=1S/C8H5FN2O2/c9-7-4-5-6(2-1-3-10-5)11(7)8(12)13/h1-4H,(H,12,13). The minimum Gasteiger partial charge on any atom is -0.464 e. The number of fused-ring (bicyclic) bond motifs is 1. The number of halogens is 1. The number of hydrogen-bond donors (Lipinski definition) is 1. The Morgan fingerprint density at radius 2 is 2.38 bits per heavy atom. The van der Waals surface area contributed by atoms with Crippen molar-refractivity contribution in [3.05, 3.63) is 30.3 Å². The maximum absolute atomic E-state index is 13.0. The molecule has 0 radical (unpaired) electrons. The molecule has 0 aliphatic rings. The molecule has 0 aliphatic carbocycles. The number of carbonyl (C=O) groups is 1. The molecule has 2 rings (SSSR count). The van der Waals surface area contributed by atoms with Gasteiger partial charge in [-0.15, -0.1) is 0 Å². The van der Waals surface area contributed by atoms with Crippen LogP contribution in [0.25, 0.3) is 11.0 Å². The smallest absolute Gasteiger partial charge is 0.418 e. The van der Waals surface area contributed by atoms with Crippen molar-refractivity contribution in [1.29, 1.82) is 0 Å². The van der Waals surface area contributed by atoms with Crippen molar-refractivity contribution in [3.8, 4) is 0 Å². The van der Waals surface area contributed by atoms with Crippen molar-refractivity contribution in [1.82, 2.24) is 9.55 Å². The van der Waals surface area contributed by atoms with Crippen LogP contribution in [0.1, 0.15) is 0 Å². The first-order valence-electron chi connectivity index (χ1n) is 3.55. The number of hydrogen-bond acceptors (Lipinski definition) is 2. The highest BCUT2D eigenvalue weighted by molar-refractivity contribution is 5.86. The third kappa shape index (κ3) is 1.05. The van der Waals surface area contributed by atoms with Crippen LogP contribution in [0.2, 0.25) is 0 Å². The zero-order chi connectivity index (χ0) is 9.42. The molecule has 0 atom stereocenters. The van der Waals surface area contributed by atoms with Gasteiger partial charge in [-0.3, -0.25) is 4.98 Å². The molecule has 2 aromatic rings. The summed E-state index contributed by atoms with van der Waals surface area (Å²) in [5, 5.41) is 8.65. The maximum Gasteiger partial charge on any atom is 0.418 e. The van der Waals surface area contributed by atoms with Crippen LogP contribution in [-0.4, -0.2) is 20.8 Å². The van der Waals surface area contributed by atoms with Crippen molar-refractivity contribution in [2.75, 3.05) is 0 Å². The first-order valence-corrected chi connectivity index (χ1v) is 3.55. The minimum absolute atomic E-state index is 0.257. The Bertz CT molecular complexity index is 478. The summed E-state index contributed by atoms with van der Waals surface area (Å²) in [5.41, 5.74) is 0.593. The van der Waals surface area contributed by atoms with Gasteiger partial charge in [-0.2, -0.15) is 4.39 Å². The van der Waals surface area contributed by atoms with Gasteiger partial charge in [0.25, 0.3) is 0 Å². The Morgan fingerprint density at radius 3 is 3.08 bits per heavy atom. The summed E-state index contributed by atoms with van der Waals surface area (Å²) in [4.78, 5) is 14.4. The van der Waals surface area contributed by atoms with E-state index in [9.17, 15) is 9.18 Å². The molecule has 0 aromatic carbocycles. The Kier molecular flexibility index (Phi) is 1.51. The molecule has 2 heterocycles. The van der Waals surface area contributed by atoms with E-state index in [4.69, 9.17) is 5.11 Å². The second-order valence-corrected chi connectivity index (χ2v) is 2.49. The van der Waals surface area contributed by atoms with Crippen molar-refractivity contribution in [2.24, 2.45) is 0 Å². The third-order valence-electron chi connectivity index (χ3n) is 1.72. The Morgan fingerprint density at radius 1 is 1.62 bits per heavy atom. The van der Waals surface area contributed by atoms with Gasteiger partial charge in [-0.05, 0) is 12.1 Å². The quantitative estimate of drug-likeness (QED) is 0.671. The second-order valence-electron chi connectivity index (χ2n) is 2.49. The molecule has 1 N–H and O–H groups in total. The summed E-state index contributed by atoms with van der Waals surface area (Å²) in [6, 6.07) is 4.14. The summed E-state index contributed by atoms with van der Waals surface area (Å²) in [6.07, 6.45) is 0.133. The Hall–Kier alpha value is -1.91. The number of carboxylic acid groups (broad SMARTS) is 1. The van der Waals surface area contributed by atoms with Crippen LogP contribution in [0.5, 0.6) is 0 Å². The molecular weight excluding hydrogens is 175 g/mol. The van der Waals surface area contributed by atoms with Gasteiger partial charge < -0.3 is 5.11 Å². The van der Waals surface area contributed by atoms with Gasteiger partial charge in [0.2, 0.25) is 5.95 Å². The zero-order valence-corrected chi connectivity index (χ0v) is 6.44. The third-order valence-corrected chi connectivity index (χ3v) is 1.72. The van der Waals surface area contributed by atoms with Crippen molar-refractivity contribution < 1.29 is 14.3 Å². The summed E-state index contributed by atoms with van der Waals surface area (Å²) in [6.45, 7) is 0. The van der Waals surface area contributed by atoms with E-state index in [0.29, 0.717) is 10.1 Å². The van der Waals surface area contributed by atoms with Crippen molar-refractivity contribution in [3.63, 3.8) is 0 Å². The van der Waals surface area contributed by atoms with Crippen LogP contribution in [0, 0.1) is 5.95 Å². The molecule has 0 spiro atoms. The summed E-state index contributed by atoms with van der Waals surface area (Å²) in [5.74, 6) is -0.818. The molecule has 0 saturated heterocycles. The van der Waals surface area contributed by atoms with Crippen molar-refractivity contribution in [2.45, 2.75) is 0 Å². The molecule has 5 heteroatoms. The van der Waals surface area contributed by atoms with E-state index < -0.39 is 12.0 Å². The van der Waals surface area contributed by atoms with Gasteiger partial charge in [0.05, 0.1) is 11.0 Å². The van der Waals surface area contributed by atoms with Crippen LogP contribution in [0.3, 0.4) is 0 Å². The fraction of sp³-hybridized carbons (Fsp3) is 0. The summed E-state index contributed by atoms with van der Waals surface area (Å²) in [7, 11) is 0. The zero-order valence-electron chi connectivity index (χ0n) is 6.44. The number of nitrogens with zero attached hydrogens (tertiary/aromatic N) is 2. The van der Waals surface area contributed by atoms with Gasteiger partial charge >= 0.3 is 6.09 Å². The predicted molar refractivity (Wildman–Crippen MR) is 43.1 cm³/mol. The van der Waals surface area contributed by atoms with E-state index >= 15 is 0 Å². The molecule has 13 heavy (non-hydrogen) atoms. The lowest BCUT2D eigenvalue weighted by atomic mass is 10.4. The highest BCUT2D eigenvalue weighted by Crippen LogP contribution is 2.15. The van der Waals surface area contributed by atoms with Gasteiger partial charge in [0.1, 0.15) is 0 Å². The lowest BCUT2D eigenvalue weighted by molar-refractivity contribution is 0.194. The second kappa shape index (κ2) is 2.55. The molecule has 0 fully saturated rings. The Labute approximate surface area is 72.2 Å². The molecule has 0 bridgehead atoms. The lowest BCUT2D eigenvalue weighted by Gasteiger charge is -1.96. The van der Waals surface area contributed by atoms with E-state index in [1.54, 1.807) is 6.07 Å². The first kappa shape index (κ1) is 7.72. The minimum atomic E-state index is -1.35.